The molecule has 0 radical (unpaired) electrons. The van der Waals surface area contributed by atoms with Crippen molar-refractivity contribution >= 4 is 0 Å². The molecule has 0 aromatic heterocycles. The van der Waals surface area contributed by atoms with E-state index in [4.69, 9.17) is 18.9 Å². The van der Waals surface area contributed by atoms with Crippen molar-refractivity contribution in [3.63, 3.8) is 0 Å². The standard InChI is InChI=1S/C33H34O4/c1-2-29-30(18-19-34-23-28-24-35-28)33(27-16-10-5-11-17-27)32(37-22-26-14-8-4-9-15-26)20-31(29)36-21-25-12-6-3-7-13-25/h3-17,20,28H,2,18-19,21-24H2,1H3. The molecule has 1 atom stereocenters. The Labute approximate surface area is 219 Å². The van der Waals surface area contributed by atoms with Crippen molar-refractivity contribution in [2.24, 2.45) is 0 Å². The molecule has 190 valence electrons. The Morgan fingerprint density at radius 2 is 1.30 bits per heavy atom. The molecular weight excluding hydrogens is 460 g/mol. The van der Waals surface area contributed by atoms with Crippen molar-refractivity contribution in [3.05, 3.63) is 119 Å². The molecule has 1 aliphatic rings. The SMILES string of the molecule is CCc1c(OCc2ccccc2)cc(OCc2ccccc2)c(-c2ccccc2)c1CCOCC1CO1. The van der Waals surface area contributed by atoms with Gasteiger partial charge in [0.25, 0.3) is 0 Å². The van der Waals surface area contributed by atoms with Crippen LogP contribution >= 0.6 is 0 Å². The molecule has 4 aromatic rings. The molecule has 5 rings (SSSR count). The van der Waals surface area contributed by atoms with Gasteiger partial charge in [-0.2, -0.15) is 0 Å². The van der Waals surface area contributed by atoms with E-state index in [0.29, 0.717) is 26.4 Å². The Morgan fingerprint density at radius 3 is 1.86 bits per heavy atom. The van der Waals surface area contributed by atoms with Gasteiger partial charge in [0.05, 0.1) is 19.8 Å². The molecule has 1 fully saturated rings. The van der Waals surface area contributed by atoms with Gasteiger partial charge in [0.15, 0.2) is 0 Å². The Morgan fingerprint density at radius 1 is 0.730 bits per heavy atom. The van der Waals surface area contributed by atoms with Gasteiger partial charge >= 0.3 is 0 Å². The summed E-state index contributed by atoms with van der Waals surface area (Å²) in [5.41, 5.74) is 6.94. The summed E-state index contributed by atoms with van der Waals surface area (Å²) in [6.45, 7) is 5.24. The Hall–Kier alpha value is -3.60. The minimum Gasteiger partial charge on any atom is -0.488 e. The van der Waals surface area contributed by atoms with Gasteiger partial charge in [0.2, 0.25) is 0 Å². The molecule has 1 heterocycles. The maximum absolute atomic E-state index is 6.52. The van der Waals surface area contributed by atoms with Crippen molar-refractivity contribution in [1.29, 1.82) is 0 Å². The first-order valence-electron chi connectivity index (χ1n) is 13.1. The summed E-state index contributed by atoms with van der Waals surface area (Å²) < 4.78 is 24.3. The quantitative estimate of drug-likeness (QED) is 0.148. The minimum absolute atomic E-state index is 0.254. The monoisotopic (exact) mass is 494 g/mol. The Bertz CT molecular complexity index is 1250. The largest absolute Gasteiger partial charge is 0.488 e. The number of rotatable bonds is 13. The second-order valence-corrected chi connectivity index (χ2v) is 9.25. The predicted octanol–water partition coefficient (Wildman–Crippen LogP) is 7.03. The van der Waals surface area contributed by atoms with Crippen LogP contribution in [0.2, 0.25) is 0 Å². The maximum Gasteiger partial charge on any atom is 0.131 e. The van der Waals surface area contributed by atoms with E-state index < -0.39 is 0 Å². The summed E-state index contributed by atoms with van der Waals surface area (Å²) in [7, 11) is 0. The van der Waals surface area contributed by atoms with Gasteiger partial charge in [-0.15, -0.1) is 0 Å². The van der Waals surface area contributed by atoms with Crippen LogP contribution in [0.15, 0.2) is 97.1 Å². The smallest absolute Gasteiger partial charge is 0.131 e. The highest BCUT2D eigenvalue weighted by atomic mass is 16.6. The normalized spacial score (nSPS) is 14.4. The van der Waals surface area contributed by atoms with Gasteiger partial charge < -0.3 is 18.9 Å². The first-order chi connectivity index (χ1) is 18.3. The molecule has 1 aliphatic heterocycles. The number of hydrogen-bond acceptors (Lipinski definition) is 4. The number of epoxide rings is 1. The highest BCUT2D eigenvalue weighted by Gasteiger charge is 2.24. The van der Waals surface area contributed by atoms with Crippen LogP contribution < -0.4 is 9.47 Å². The van der Waals surface area contributed by atoms with Crippen LogP contribution in [0.5, 0.6) is 11.5 Å². The predicted molar refractivity (Wildman–Crippen MR) is 147 cm³/mol. The fraction of sp³-hybridized carbons (Fsp3) is 0.273. The van der Waals surface area contributed by atoms with E-state index in [1.54, 1.807) is 0 Å². The average molecular weight is 495 g/mol. The average Bonchev–Trinajstić information content (AvgIpc) is 3.79. The van der Waals surface area contributed by atoms with Crippen LogP contribution in [0.1, 0.15) is 29.2 Å². The van der Waals surface area contributed by atoms with E-state index in [1.807, 2.05) is 42.5 Å². The van der Waals surface area contributed by atoms with Gasteiger partial charge in [0, 0.05) is 11.6 Å². The zero-order valence-corrected chi connectivity index (χ0v) is 21.4. The number of ether oxygens (including phenoxy) is 4. The van der Waals surface area contributed by atoms with Crippen LogP contribution in [-0.2, 0) is 35.5 Å². The first kappa shape index (κ1) is 25.1. The topological polar surface area (TPSA) is 40.2 Å². The molecule has 37 heavy (non-hydrogen) atoms. The third kappa shape index (κ3) is 6.79. The third-order valence-corrected chi connectivity index (χ3v) is 6.56. The molecule has 0 N–H and O–H groups in total. The highest BCUT2D eigenvalue weighted by molar-refractivity contribution is 5.77. The summed E-state index contributed by atoms with van der Waals surface area (Å²) in [5, 5.41) is 0. The van der Waals surface area contributed by atoms with Crippen LogP contribution in [0.3, 0.4) is 0 Å². The van der Waals surface area contributed by atoms with Crippen molar-refractivity contribution < 1.29 is 18.9 Å². The second kappa shape index (κ2) is 12.6. The first-order valence-corrected chi connectivity index (χ1v) is 13.1. The second-order valence-electron chi connectivity index (χ2n) is 9.25. The van der Waals surface area contributed by atoms with Crippen molar-refractivity contribution in [1.82, 2.24) is 0 Å². The van der Waals surface area contributed by atoms with E-state index in [-0.39, 0.29) is 6.10 Å². The number of benzene rings is 4. The molecule has 0 spiro atoms. The van der Waals surface area contributed by atoms with Gasteiger partial charge in [-0.1, -0.05) is 97.9 Å². The van der Waals surface area contributed by atoms with E-state index in [1.165, 1.54) is 11.1 Å². The third-order valence-electron chi connectivity index (χ3n) is 6.56. The lowest BCUT2D eigenvalue weighted by molar-refractivity contribution is 0.119. The van der Waals surface area contributed by atoms with Gasteiger partial charge in [-0.3, -0.25) is 0 Å². The van der Waals surface area contributed by atoms with Crippen molar-refractivity contribution in [3.8, 4) is 22.6 Å². The zero-order chi connectivity index (χ0) is 25.3. The summed E-state index contributed by atoms with van der Waals surface area (Å²) in [4.78, 5) is 0. The molecule has 1 unspecified atom stereocenters. The molecule has 4 heteroatoms. The molecule has 4 nitrogen and oxygen atoms in total. The fourth-order valence-electron chi connectivity index (χ4n) is 4.58. The number of hydrogen-bond donors (Lipinski definition) is 0. The summed E-state index contributed by atoms with van der Waals surface area (Å²) >= 11 is 0. The van der Waals surface area contributed by atoms with Gasteiger partial charge in [-0.25, -0.2) is 0 Å². The summed E-state index contributed by atoms with van der Waals surface area (Å²) in [6.07, 6.45) is 1.87. The lowest BCUT2D eigenvalue weighted by Gasteiger charge is -2.23. The lowest BCUT2D eigenvalue weighted by Crippen LogP contribution is -2.10. The van der Waals surface area contributed by atoms with Crippen molar-refractivity contribution in [2.75, 3.05) is 19.8 Å². The van der Waals surface area contributed by atoms with Crippen LogP contribution in [0, 0.1) is 0 Å². The zero-order valence-electron chi connectivity index (χ0n) is 21.4. The minimum atomic E-state index is 0.254. The van der Waals surface area contributed by atoms with E-state index >= 15 is 0 Å². The summed E-state index contributed by atoms with van der Waals surface area (Å²) in [5.74, 6) is 1.70. The van der Waals surface area contributed by atoms with E-state index in [0.717, 1.165) is 53.2 Å². The van der Waals surface area contributed by atoms with Crippen LogP contribution in [0.25, 0.3) is 11.1 Å². The Balaban J connectivity index is 1.52. The molecule has 4 aromatic carbocycles. The van der Waals surface area contributed by atoms with Gasteiger partial charge in [0.1, 0.15) is 30.8 Å². The van der Waals surface area contributed by atoms with Crippen molar-refractivity contribution in [2.45, 2.75) is 39.1 Å². The van der Waals surface area contributed by atoms with Gasteiger partial charge in [-0.05, 0) is 40.7 Å². The summed E-state index contributed by atoms with van der Waals surface area (Å²) in [6, 6.07) is 33.1. The molecule has 0 aliphatic carbocycles. The van der Waals surface area contributed by atoms with E-state index in [2.05, 4.69) is 61.5 Å². The Kier molecular flexibility index (Phi) is 8.52. The lowest BCUT2D eigenvalue weighted by atomic mass is 9.90. The van der Waals surface area contributed by atoms with E-state index in [9.17, 15) is 0 Å². The van der Waals surface area contributed by atoms with Crippen LogP contribution in [0.4, 0.5) is 0 Å². The molecule has 0 bridgehead atoms. The molecule has 1 saturated heterocycles. The molecule has 0 saturated carbocycles. The van der Waals surface area contributed by atoms with Crippen LogP contribution in [-0.4, -0.2) is 25.9 Å². The highest BCUT2D eigenvalue weighted by Crippen LogP contribution is 2.42. The fourth-order valence-corrected chi connectivity index (χ4v) is 4.58. The maximum atomic E-state index is 6.52. The molecule has 0 amide bonds. The molecular formula is C33H34O4.